The summed E-state index contributed by atoms with van der Waals surface area (Å²) >= 11 is 0. The van der Waals surface area contributed by atoms with Crippen LogP contribution in [0.2, 0.25) is 0 Å². The maximum absolute atomic E-state index is 12.8. The molecule has 1 aromatic carbocycles. The normalized spacial score (nSPS) is 21.8. The van der Waals surface area contributed by atoms with E-state index in [2.05, 4.69) is 30.0 Å². The van der Waals surface area contributed by atoms with E-state index in [1.54, 1.807) is 39.0 Å². The first-order valence-corrected chi connectivity index (χ1v) is 10.3. The van der Waals surface area contributed by atoms with Crippen molar-refractivity contribution in [3.05, 3.63) is 35.9 Å². The highest BCUT2D eigenvalue weighted by Gasteiger charge is 2.60. The number of benzene rings is 1. The molecule has 1 aliphatic rings. The van der Waals surface area contributed by atoms with Gasteiger partial charge >= 0.3 is 0 Å². The molecule has 6 heteroatoms. The Labute approximate surface area is 157 Å². The van der Waals surface area contributed by atoms with Crippen LogP contribution in [0.15, 0.2) is 40.8 Å². The van der Waals surface area contributed by atoms with Crippen molar-refractivity contribution >= 4 is 21.6 Å². The van der Waals surface area contributed by atoms with E-state index in [-0.39, 0.29) is 28.1 Å². The molecule has 1 fully saturated rings. The van der Waals surface area contributed by atoms with Gasteiger partial charge in [-0.1, -0.05) is 37.6 Å². The molecule has 0 aliphatic heterocycles. The fourth-order valence-corrected chi connectivity index (χ4v) is 4.90. The number of rotatable bonds is 5. The fourth-order valence-electron chi connectivity index (χ4n) is 3.32. The van der Waals surface area contributed by atoms with Gasteiger partial charge in [-0.25, -0.2) is 13.1 Å². The molecule has 26 heavy (non-hydrogen) atoms. The number of hydrogen-bond acceptors (Lipinski definition) is 3. The van der Waals surface area contributed by atoms with Gasteiger partial charge in [0, 0.05) is 5.54 Å². The van der Waals surface area contributed by atoms with Crippen molar-refractivity contribution in [1.82, 2.24) is 4.72 Å². The van der Waals surface area contributed by atoms with Gasteiger partial charge in [0.1, 0.15) is 4.90 Å². The Bertz CT molecular complexity index is 829. The van der Waals surface area contributed by atoms with Crippen molar-refractivity contribution in [3.63, 3.8) is 0 Å². The third-order valence-electron chi connectivity index (χ3n) is 4.58. The average molecular weight is 379 g/mol. The van der Waals surface area contributed by atoms with Gasteiger partial charge in [0.15, 0.2) is 0 Å². The Morgan fingerprint density at radius 3 is 2.27 bits per heavy atom. The molecule has 5 nitrogen and oxygen atoms in total. The van der Waals surface area contributed by atoms with Crippen LogP contribution in [-0.2, 0) is 14.8 Å². The Balaban J connectivity index is 2.27. The average Bonchev–Trinajstić information content (AvgIpc) is 2.96. The molecule has 0 radical (unpaired) electrons. The molecule has 144 valence electrons. The van der Waals surface area contributed by atoms with E-state index in [0.29, 0.717) is 5.69 Å². The van der Waals surface area contributed by atoms with Crippen LogP contribution in [0, 0.1) is 17.3 Å². The topological polar surface area (TPSA) is 75.3 Å². The number of sulfonamides is 1. The molecular weight excluding hydrogens is 348 g/mol. The number of carbonyl (C=O) groups is 1. The predicted molar refractivity (Wildman–Crippen MR) is 105 cm³/mol. The van der Waals surface area contributed by atoms with Gasteiger partial charge in [-0.3, -0.25) is 4.79 Å². The molecule has 0 saturated heterocycles. The molecule has 2 rings (SSSR count). The number of allylic oxidation sites excluding steroid dienone is 2. The zero-order chi connectivity index (χ0) is 19.9. The molecule has 0 aromatic heterocycles. The lowest BCUT2D eigenvalue weighted by atomic mass is 10.1. The van der Waals surface area contributed by atoms with Crippen molar-refractivity contribution < 1.29 is 13.2 Å². The van der Waals surface area contributed by atoms with Crippen molar-refractivity contribution in [2.45, 2.75) is 58.9 Å². The minimum absolute atomic E-state index is 0.0838. The molecule has 1 aliphatic carbocycles. The zero-order valence-electron chi connectivity index (χ0n) is 16.7. The van der Waals surface area contributed by atoms with Crippen molar-refractivity contribution in [1.29, 1.82) is 0 Å². The van der Waals surface area contributed by atoms with Gasteiger partial charge < -0.3 is 5.32 Å². The van der Waals surface area contributed by atoms with Gasteiger partial charge in [0.25, 0.3) is 0 Å². The summed E-state index contributed by atoms with van der Waals surface area (Å²) in [5.41, 5.74) is 0.755. The number of nitrogens with one attached hydrogen (secondary N) is 2. The summed E-state index contributed by atoms with van der Waals surface area (Å²) in [6.07, 6.45) is 2.12. The maximum atomic E-state index is 12.8. The first kappa shape index (κ1) is 20.6. The smallest absolute Gasteiger partial charge is 0.243 e. The summed E-state index contributed by atoms with van der Waals surface area (Å²) in [5.74, 6) is -0.136. The minimum atomic E-state index is -3.74. The lowest BCUT2D eigenvalue weighted by molar-refractivity contribution is -0.118. The number of amides is 1. The number of carbonyl (C=O) groups excluding carboxylic acids is 1. The molecular formula is C20H30N2O3S. The van der Waals surface area contributed by atoms with Gasteiger partial charge in [0.05, 0.1) is 11.6 Å². The third-order valence-corrected chi connectivity index (χ3v) is 6.40. The van der Waals surface area contributed by atoms with Crippen LogP contribution in [0.25, 0.3) is 0 Å². The molecule has 2 atom stereocenters. The number of hydrogen-bond donors (Lipinski definition) is 2. The Kier molecular flexibility index (Phi) is 5.41. The Morgan fingerprint density at radius 1 is 1.15 bits per heavy atom. The standard InChI is InChI=1S/C20H30N2O3S/c1-13(2)12-14-17(20(14,6)7)18(23)21-15-10-8-9-11-16(15)26(24,25)22-19(3,4)5/h8-12,14,17,22H,1-7H3,(H,21,23)/t14-,17-/m0/s1. The molecule has 1 amide bonds. The number of anilines is 1. The van der Waals surface area contributed by atoms with Crippen LogP contribution in [0.5, 0.6) is 0 Å². The summed E-state index contributed by atoms with van der Waals surface area (Å²) in [5, 5.41) is 2.84. The molecule has 2 N–H and O–H groups in total. The zero-order valence-corrected chi connectivity index (χ0v) is 17.5. The molecule has 1 aromatic rings. The lowest BCUT2D eigenvalue weighted by Gasteiger charge is -2.21. The highest BCUT2D eigenvalue weighted by molar-refractivity contribution is 7.89. The first-order valence-electron chi connectivity index (χ1n) is 8.84. The van der Waals surface area contributed by atoms with Crippen molar-refractivity contribution in [3.8, 4) is 0 Å². The fraction of sp³-hybridized carbons (Fsp3) is 0.550. The van der Waals surface area contributed by atoms with Crippen LogP contribution in [0.4, 0.5) is 5.69 Å². The van der Waals surface area contributed by atoms with Gasteiger partial charge in [-0.15, -0.1) is 0 Å². The van der Waals surface area contributed by atoms with Crippen LogP contribution in [0.3, 0.4) is 0 Å². The SMILES string of the molecule is CC(C)=C[C@H]1[C@@H](C(=O)Nc2ccccc2S(=O)(=O)NC(C)(C)C)C1(C)C. The van der Waals surface area contributed by atoms with Crippen LogP contribution in [0.1, 0.15) is 48.5 Å². The van der Waals surface area contributed by atoms with E-state index in [1.807, 2.05) is 13.8 Å². The van der Waals surface area contributed by atoms with Crippen LogP contribution >= 0.6 is 0 Å². The second kappa shape index (κ2) is 6.82. The Hall–Kier alpha value is -1.66. The first-order chi connectivity index (χ1) is 11.8. The molecule has 0 unspecified atom stereocenters. The number of para-hydroxylation sites is 1. The van der Waals surface area contributed by atoms with Crippen molar-refractivity contribution in [2.24, 2.45) is 17.3 Å². The van der Waals surface area contributed by atoms with E-state index in [0.717, 1.165) is 0 Å². The Morgan fingerprint density at radius 2 is 1.73 bits per heavy atom. The summed E-state index contributed by atoms with van der Waals surface area (Å²) in [7, 11) is -3.74. The van der Waals surface area contributed by atoms with Crippen LogP contribution in [-0.4, -0.2) is 19.9 Å². The van der Waals surface area contributed by atoms with E-state index in [9.17, 15) is 13.2 Å². The van der Waals surface area contributed by atoms with Gasteiger partial charge in [-0.05, 0) is 58.1 Å². The monoisotopic (exact) mass is 378 g/mol. The molecule has 0 spiro atoms. The van der Waals surface area contributed by atoms with Gasteiger partial charge in [0.2, 0.25) is 15.9 Å². The second-order valence-corrected chi connectivity index (χ2v) is 10.6. The lowest BCUT2D eigenvalue weighted by Crippen LogP contribution is -2.40. The maximum Gasteiger partial charge on any atom is 0.243 e. The summed E-state index contributed by atoms with van der Waals surface area (Å²) in [6.45, 7) is 13.5. The van der Waals surface area contributed by atoms with Crippen molar-refractivity contribution in [2.75, 3.05) is 5.32 Å². The molecule has 1 saturated carbocycles. The summed E-state index contributed by atoms with van der Waals surface area (Å²) < 4.78 is 28.0. The largest absolute Gasteiger partial charge is 0.325 e. The molecule has 0 bridgehead atoms. The van der Waals surface area contributed by atoms with Gasteiger partial charge in [-0.2, -0.15) is 0 Å². The van der Waals surface area contributed by atoms with E-state index < -0.39 is 15.6 Å². The van der Waals surface area contributed by atoms with E-state index in [4.69, 9.17) is 0 Å². The summed E-state index contributed by atoms with van der Waals surface area (Å²) in [6, 6.07) is 6.51. The highest BCUT2D eigenvalue weighted by Crippen LogP contribution is 2.59. The predicted octanol–water partition coefficient (Wildman–Crippen LogP) is 3.94. The highest BCUT2D eigenvalue weighted by atomic mass is 32.2. The quantitative estimate of drug-likeness (QED) is 0.762. The molecule has 0 heterocycles. The summed E-state index contributed by atoms with van der Waals surface area (Å²) in [4.78, 5) is 12.9. The van der Waals surface area contributed by atoms with E-state index >= 15 is 0 Å². The van der Waals surface area contributed by atoms with Crippen LogP contribution < -0.4 is 10.0 Å². The second-order valence-electron chi connectivity index (χ2n) is 8.91. The minimum Gasteiger partial charge on any atom is -0.325 e. The van der Waals surface area contributed by atoms with E-state index in [1.165, 1.54) is 11.6 Å². The third kappa shape index (κ3) is 4.54.